The van der Waals surface area contributed by atoms with E-state index in [-0.39, 0.29) is 5.54 Å². The molecule has 112 valence electrons. The van der Waals surface area contributed by atoms with Crippen LogP contribution in [0.5, 0.6) is 0 Å². The number of aromatic carboxylic acids is 1. The lowest BCUT2D eigenvalue weighted by Gasteiger charge is -2.37. The molecular formula is C17H22N2O2. The molecule has 0 saturated heterocycles. The topological polar surface area (TPSA) is 55.1 Å². The van der Waals surface area contributed by atoms with Crippen LogP contribution in [0.4, 0.5) is 0 Å². The molecule has 2 aromatic rings. The lowest BCUT2D eigenvalue weighted by atomic mass is 9.82. The number of aromatic nitrogens is 2. The fourth-order valence-corrected chi connectivity index (χ4v) is 3.70. The molecule has 4 nitrogen and oxygen atoms in total. The van der Waals surface area contributed by atoms with Crippen molar-refractivity contribution in [3.8, 4) is 0 Å². The summed E-state index contributed by atoms with van der Waals surface area (Å²) < 4.78 is 2.31. The lowest BCUT2D eigenvalue weighted by Crippen LogP contribution is -2.33. The highest BCUT2D eigenvalue weighted by molar-refractivity contribution is 6.01. The van der Waals surface area contributed by atoms with Gasteiger partial charge < -0.3 is 9.67 Å². The summed E-state index contributed by atoms with van der Waals surface area (Å²) >= 11 is 0. The third kappa shape index (κ3) is 2.23. The van der Waals surface area contributed by atoms with E-state index in [1.807, 2.05) is 12.1 Å². The quantitative estimate of drug-likeness (QED) is 0.928. The van der Waals surface area contributed by atoms with E-state index in [9.17, 15) is 9.90 Å². The Kier molecular flexibility index (Phi) is 3.47. The first kappa shape index (κ1) is 14.1. The molecule has 1 aliphatic carbocycles. The van der Waals surface area contributed by atoms with Gasteiger partial charge >= 0.3 is 5.97 Å². The van der Waals surface area contributed by atoms with E-state index in [0.29, 0.717) is 11.1 Å². The number of nitrogens with zero attached hydrogens (tertiary/aromatic N) is 2. The molecule has 3 rings (SSSR count). The highest BCUT2D eigenvalue weighted by atomic mass is 16.4. The van der Waals surface area contributed by atoms with E-state index in [1.165, 1.54) is 19.3 Å². The van der Waals surface area contributed by atoms with Crippen LogP contribution in [-0.4, -0.2) is 20.6 Å². The van der Waals surface area contributed by atoms with Gasteiger partial charge in [-0.3, -0.25) is 0 Å². The summed E-state index contributed by atoms with van der Waals surface area (Å²) in [7, 11) is 0. The van der Waals surface area contributed by atoms with E-state index in [2.05, 4.69) is 23.4 Å². The van der Waals surface area contributed by atoms with Gasteiger partial charge in [0.25, 0.3) is 0 Å². The minimum atomic E-state index is -0.901. The Bertz CT molecular complexity index is 681. The van der Waals surface area contributed by atoms with E-state index in [0.717, 1.165) is 30.6 Å². The smallest absolute Gasteiger partial charge is 0.337 e. The Morgan fingerprint density at radius 1 is 1.33 bits per heavy atom. The van der Waals surface area contributed by atoms with Gasteiger partial charge in [0.2, 0.25) is 0 Å². The van der Waals surface area contributed by atoms with Crippen LogP contribution >= 0.6 is 0 Å². The number of fused-ring (bicyclic) bond motifs is 1. The summed E-state index contributed by atoms with van der Waals surface area (Å²) in [5, 5.41) is 9.38. The minimum Gasteiger partial charge on any atom is -0.478 e. The number of hydrogen-bond donors (Lipinski definition) is 1. The molecule has 0 amide bonds. The third-order valence-electron chi connectivity index (χ3n) is 4.77. The predicted molar refractivity (Wildman–Crippen MR) is 82.8 cm³/mol. The van der Waals surface area contributed by atoms with E-state index < -0.39 is 5.97 Å². The van der Waals surface area contributed by atoms with Crippen molar-refractivity contribution in [1.82, 2.24) is 9.55 Å². The first-order chi connectivity index (χ1) is 10.1. The molecule has 1 aromatic carbocycles. The summed E-state index contributed by atoms with van der Waals surface area (Å²) in [6.07, 6.45) is 6.87. The van der Waals surface area contributed by atoms with Crippen LogP contribution in [0.2, 0.25) is 0 Å². The molecule has 0 bridgehead atoms. The van der Waals surface area contributed by atoms with Gasteiger partial charge in [0.1, 0.15) is 11.3 Å². The van der Waals surface area contributed by atoms with E-state index in [4.69, 9.17) is 0 Å². The van der Waals surface area contributed by atoms with Gasteiger partial charge in [0.05, 0.1) is 11.1 Å². The number of aryl methyl sites for hydroxylation is 1. The van der Waals surface area contributed by atoms with Gasteiger partial charge in [-0.05, 0) is 31.9 Å². The molecule has 0 aliphatic heterocycles. The van der Waals surface area contributed by atoms with Crippen molar-refractivity contribution >= 4 is 17.0 Å². The molecular weight excluding hydrogens is 264 g/mol. The average molecular weight is 286 g/mol. The molecule has 1 saturated carbocycles. The van der Waals surface area contributed by atoms with Gasteiger partial charge in [-0.2, -0.15) is 0 Å². The first-order valence-electron chi connectivity index (χ1n) is 7.81. The van der Waals surface area contributed by atoms with Gasteiger partial charge in [-0.25, -0.2) is 9.78 Å². The highest BCUT2D eigenvalue weighted by Gasteiger charge is 2.32. The highest BCUT2D eigenvalue weighted by Crippen LogP contribution is 2.38. The summed E-state index contributed by atoms with van der Waals surface area (Å²) in [5.74, 6) is 0.102. The average Bonchev–Trinajstić information content (AvgIpc) is 2.86. The SMILES string of the molecule is CCc1nc2c(C(=O)O)cccc2n1C1(C)CCCCC1. The molecule has 21 heavy (non-hydrogen) atoms. The van der Waals surface area contributed by atoms with Crippen LogP contribution in [0.25, 0.3) is 11.0 Å². The monoisotopic (exact) mass is 286 g/mol. The Morgan fingerprint density at radius 3 is 2.67 bits per heavy atom. The number of imidazole rings is 1. The normalized spacial score (nSPS) is 18.0. The molecule has 1 aromatic heterocycles. The summed E-state index contributed by atoms with van der Waals surface area (Å²) in [6, 6.07) is 5.48. The molecule has 4 heteroatoms. The van der Waals surface area contributed by atoms with E-state index >= 15 is 0 Å². The number of hydrogen-bond acceptors (Lipinski definition) is 2. The third-order valence-corrected chi connectivity index (χ3v) is 4.77. The predicted octanol–water partition coefficient (Wildman–Crippen LogP) is 3.98. The Balaban J connectivity index is 2.26. The maximum Gasteiger partial charge on any atom is 0.337 e. The molecule has 0 unspecified atom stereocenters. The minimum absolute atomic E-state index is 0.0650. The Morgan fingerprint density at radius 2 is 2.05 bits per heavy atom. The molecule has 1 fully saturated rings. The second kappa shape index (κ2) is 5.17. The molecule has 1 heterocycles. The zero-order valence-electron chi connectivity index (χ0n) is 12.7. The largest absolute Gasteiger partial charge is 0.478 e. The van der Waals surface area contributed by atoms with Crippen LogP contribution in [0.1, 0.15) is 62.1 Å². The summed E-state index contributed by atoms with van der Waals surface area (Å²) in [4.78, 5) is 16.1. The molecule has 0 radical (unpaired) electrons. The number of carboxylic acid groups (broad SMARTS) is 1. The van der Waals surface area contributed by atoms with Crippen molar-refractivity contribution in [1.29, 1.82) is 0 Å². The Labute approximate surface area is 124 Å². The van der Waals surface area contributed by atoms with Crippen LogP contribution in [-0.2, 0) is 12.0 Å². The van der Waals surface area contributed by atoms with Gasteiger partial charge in [-0.15, -0.1) is 0 Å². The van der Waals surface area contributed by atoms with Crippen LogP contribution < -0.4 is 0 Å². The standard InChI is InChI=1S/C17H22N2O2/c1-3-14-18-15-12(16(20)21)8-7-9-13(15)19(14)17(2)10-5-4-6-11-17/h7-9H,3-6,10-11H2,1-2H3,(H,20,21). The number of para-hydroxylation sites is 1. The second-order valence-corrected chi connectivity index (χ2v) is 6.25. The molecule has 0 atom stereocenters. The summed E-state index contributed by atoms with van der Waals surface area (Å²) in [6.45, 7) is 4.38. The van der Waals surface area contributed by atoms with Crippen molar-refractivity contribution in [3.05, 3.63) is 29.6 Å². The maximum absolute atomic E-state index is 11.4. The maximum atomic E-state index is 11.4. The number of carbonyl (C=O) groups is 1. The second-order valence-electron chi connectivity index (χ2n) is 6.25. The zero-order chi connectivity index (χ0) is 15.0. The molecule has 1 aliphatic rings. The number of rotatable bonds is 3. The van der Waals surface area contributed by atoms with Crippen molar-refractivity contribution < 1.29 is 9.90 Å². The van der Waals surface area contributed by atoms with Gasteiger partial charge in [0, 0.05) is 12.0 Å². The summed E-state index contributed by atoms with van der Waals surface area (Å²) in [5.41, 5.74) is 1.97. The first-order valence-corrected chi connectivity index (χ1v) is 7.81. The van der Waals surface area contributed by atoms with Crippen molar-refractivity contribution in [2.24, 2.45) is 0 Å². The van der Waals surface area contributed by atoms with Crippen LogP contribution in [0.3, 0.4) is 0 Å². The van der Waals surface area contributed by atoms with Gasteiger partial charge in [0.15, 0.2) is 0 Å². The fourth-order valence-electron chi connectivity index (χ4n) is 3.70. The van der Waals surface area contributed by atoms with Crippen molar-refractivity contribution in [2.75, 3.05) is 0 Å². The van der Waals surface area contributed by atoms with Gasteiger partial charge in [-0.1, -0.05) is 32.3 Å². The fraction of sp³-hybridized carbons (Fsp3) is 0.529. The number of carboxylic acids is 1. The zero-order valence-corrected chi connectivity index (χ0v) is 12.7. The Hall–Kier alpha value is -1.84. The van der Waals surface area contributed by atoms with Crippen molar-refractivity contribution in [2.45, 2.75) is 57.9 Å². The van der Waals surface area contributed by atoms with Crippen LogP contribution in [0, 0.1) is 0 Å². The van der Waals surface area contributed by atoms with E-state index in [1.54, 1.807) is 6.07 Å². The molecule has 0 spiro atoms. The lowest BCUT2D eigenvalue weighted by molar-refractivity contribution is 0.0699. The van der Waals surface area contributed by atoms with Crippen LogP contribution in [0.15, 0.2) is 18.2 Å². The number of benzene rings is 1. The molecule has 1 N–H and O–H groups in total. The van der Waals surface area contributed by atoms with Crippen molar-refractivity contribution in [3.63, 3.8) is 0 Å².